The highest BCUT2D eigenvalue weighted by Crippen LogP contribution is 2.07. The number of aromatic nitrogens is 3. The molecule has 0 fully saturated rings. The summed E-state index contributed by atoms with van der Waals surface area (Å²) in [5.41, 5.74) is 2.72. The molecule has 0 aromatic carbocycles. The molecule has 1 amide bonds. The van der Waals surface area contributed by atoms with Crippen molar-refractivity contribution in [1.29, 1.82) is 0 Å². The van der Waals surface area contributed by atoms with Crippen LogP contribution in [0.3, 0.4) is 0 Å². The van der Waals surface area contributed by atoms with E-state index in [2.05, 4.69) is 15.4 Å². The molecule has 0 radical (unpaired) electrons. The van der Waals surface area contributed by atoms with E-state index in [0.29, 0.717) is 11.4 Å². The van der Waals surface area contributed by atoms with E-state index in [-0.39, 0.29) is 5.91 Å². The number of thiazole rings is 1. The van der Waals surface area contributed by atoms with Crippen LogP contribution in [-0.2, 0) is 7.05 Å². The summed E-state index contributed by atoms with van der Waals surface area (Å²) in [6.07, 6.45) is 3.31. The van der Waals surface area contributed by atoms with Crippen LogP contribution in [0.2, 0.25) is 0 Å². The minimum atomic E-state index is -0.209. The monoisotopic (exact) mass is 208 g/mol. The van der Waals surface area contributed by atoms with Gasteiger partial charge in [0.2, 0.25) is 0 Å². The molecule has 5 nitrogen and oxygen atoms in total. The number of aryl methyl sites for hydroxylation is 1. The predicted octanol–water partition coefficient (Wildman–Crippen LogP) is 1.13. The quantitative estimate of drug-likeness (QED) is 0.804. The molecular formula is C8H8N4OS. The third-order valence-electron chi connectivity index (χ3n) is 1.63. The first-order chi connectivity index (χ1) is 6.75. The van der Waals surface area contributed by atoms with Crippen LogP contribution < -0.4 is 5.32 Å². The van der Waals surface area contributed by atoms with Crippen molar-refractivity contribution < 1.29 is 4.79 Å². The fourth-order valence-electron chi connectivity index (χ4n) is 1.01. The molecule has 0 aliphatic rings. The Hall–Kier alpha value is -1.69. The molecule has 0 saturated carbocycles. The molecule has 2 aromatic heterocycles. The second-order valence-electron chi connectivity index (χ2n) is 2.73. The summed E-state index contributed by atoms with van der Waals surface area (Å²) in [5.74, 6) is -0.209. The topological polar surface area (TPSA) is 59.8 Å². The highest BCUT2D eigenvalue weighted by Gasteiger charge is 2.08. The Morgan fingerprint density at radius 2 is 2.50 bits per heavy atom. The predicted molar refractivity (Wildman–Crippen MR) is 53.3 cm³/mol. The van der Waals surface area contributed by atoms with Crippen molar-refractivity contribution in [3.8, 4) is 0 Å². The Morgan fingerprint density at radius 1 is 1.64 bits per heavy atom. The summed E-state index contributed by atoms with van der Waals surface area (Å²) in [4.78, 5) is 15.4. The van der Waals surface area contributed by atoms with Crippen molar-refractivity contribution >= 4 is 22.9 Å². The Kier molecular flexibility index (Phi) is 2.28. The molecule has 14 heavy (non-hydrogen) atoms. The van der Waals surface area contributed by atoms with E-state index in [9.17, 15) is 4.79 Å². The largest absolute Gasteiger partial charge is 0.318 e. The summed E-state index contributed by atoms with van der Waals surface area (Å²) in [6.45, 7) is 0. The Balaban J connectivity index is 2.09. The van der Waals surface area contributed by atoms with E-state index >= 15 is 0 Å². The van der Waals surface area contributed by atoms with E-state index in [1.54, 1.807) is 35.0 Å². The molecule has 0 bridgehead atoms. The molecule has 0 atom stereocenters. The van der Waals surface area contributed by atoms with Crippen molar-refractivity contribution in [2.45, 2.75) is 0 Å². The maximum Gasteiger partial charge on any atom is 0.275 e. The summed E-state index contributed by atoms with van der Waals surface area (Å²) < 4.78 is 1.62. The van der Waals surface area contributed by atoms with Gasteiger partial charge in [0.15, 0.2) is 0 Å². The van der Waals surface area contributed by atoms with E-state index in [1.807, 2.05) is 0 Å². The van der Waals surface area contributed by atoms with Crippen LogP contribution in [0.5, 0.6) is 0 Å². The molecule has 0 aliphatic heterocycles. The molecule has 0 saturated heterocycles. The summed E-state index contributed by atoms with van der Waals surface area (Å²) in [7, 11) is 1.79. The zero-order chi connectivity index (χ0) is 9.97. The molecule has 2 heterocycles. The Labute approximate surface area is 84.4 Å². The van der Waals surface area contributed by atoms with Crippen LogP contribution in [0.4, 0.5) is 5.69 Å². The lowest BCUT2D eigenvalue weighted by molar-refractivity contribution is 0.102. The Bertz CT molecular complexity index is 434. The average Bonchev–Trinajstić information content (AvgIpc) is 2.75. The second-order valence-corrected chi connectivity index (χ2v) is 3.45. The van der Waals surface area contributed by atoms with Gasteiger partial charge in [0.25, 0.3) is 5.91 Å². The van der Waals surface area contributed by atoms with Crippen molar-refractivity contribution in [3.63, 3.8) is 0 Å². The molecular weight excluding hydrogens is 200 g/mol. The normalized spacial score (nSPS) is 10.1. The number of amides is 1. The molecule has 2 rings (SSSR count). The van der Waals surface area contributed by atoms with Gasteiger partial charge in [-0.3, -0.25) is 9.48 Å². The average molecular weight is 208 g/mol. The van der Waals surface area contributed by atoms with Gasteiger partial charge in [0, 0.05) is 18.6 Å². The second kappa shape index (κ2) is 3.59. The van der Waals surface area contributed by atoms with Gasteiger partial charge in [-0.1, -0.05) is 0 Å². The van der Waals surface area contributed by atoms with Crippen molar-refractivity contribution in [2.24, 2.45) is 7.05 Å². The molecule has 1 N–H and O–H groups in total. The molecule has 6 heteroatoms. The smallest absolute Gasteiger partial charge is 0.275 e. The van der Waals surface area contributed by atoms with Crippen LogP contribution in [0.15, 0.2) is 23.3 Å². The third kappa shape index (κ3) is 1.80. The van der Waals surface area contributed by atoms with Gasteiger partial charge in [-0.25, -0.2) is 4.98 Å². The van der Waals surface area contributed by atoms with Crippen LogP contribution in [0.25, 0.3) is 0 Å². The number of carbonyl (C=O) groups excluding carboxylic acids is 1. The SMILES string of the molecule is Cn1cc(NC(=O)c2cscn2)cn1. The maximum absolute atomic E-state index is 11.5. The minimum Gasteiger partial charge on any atom is -0.318 e. The van der Waals surface area contributed by atoms with Gasteiger partial charge in [-0.2, -0.15) is 5.10 Å². The van der Waals surface area contributed by atoms with Crippen LogP contribution >= 0.6 is 11.3 Å². The van der Waals surface area contributed by atoms with Crippen LogP contribution in [0, 0.1) is 0 Å². The zero-order valence-electron chi connectivity index (χ0n) is 7.47. The van der Waals surface area contributed by atoms with E-state index in [4.69, 9.17) is 0 Å². The van der Waals surface area contributed by atoms with Crippen LogP contribution in [-0.4, -0.2) is 20.7 Å². The van der Waals surface area contributed by atoms with Crippen molar-refractivity contribution in [3.05, 3.63) is 29.0 Å². The van der Waals surface area contributed by atoms with Gasteiger partial charge in [0.1, 0.15) is 5.69 Å². The molecule has 0 spiro atoms. The molecule has 0 unspecified atom stereocenters. The number of nitrogens with zero attached hydrogens (tertiary/aromatic N) is 3. The fraction of sp³-hybridized carbons (Fsp3) is 0.125. The highest BCUT2D eigenvalue weighted by atomic mass is 32.1. The highest BCUT2D eigenvalue weighted by molar-refractivity contribution is 7.07. The first-order valence-electron chi connectivity index (χ1n) is 3.94. The number of hydrogen-bond acceptors (Lipinski definition) is 4. The van der Waals surface area contributed by atoms with E-state index < -0.39 is 0 Å². The third-order valence-corrected chi connectivity index (χ3v) is 2.21. The van der Waals surface area contributed by atoms with Gasteiger partial charge < -0.3 is 5.32 Å². The van der Waals surface area contributed by atoms with Gasteiger partial charge >= 0.3 is 0 Å². The first-order valence-corrected chi connectivity index (χ1v) is 4.88. The van der Waals surface area contributed by atoms with E-state index in [1.165, 1.54) is 11.3 Å². The lowest BCUT2D eigenvalue weighted by Gasteiger charge is -1.97. The molecule has 0 aliphatic carbocycles. The number of carbonyl (C=O) groups is 1. The fourth-order valence-corrected chi connectivity index (χ4v) is 1.54. The minimum absolute atomic E-state index is 0.209. The number of hydrogen-bond donors (Lipinski definition) is 1. The number of anilines is 1. The zero-order valence-corrected chi connectivity index (χ0v) is 8.28. The first kappa shape index (κ1) is 8.89. The Morgan fingerprint density at radius 3 is 3.07 bits per heavy atom. The number of rotatable bonds is 2. The van der Waals surface area contributed by atoms with Crippen molar-refractivity contribution in [1.82, 2.24) is 14.8 Å². The molecule has 2 aromatic rings. The maximum atomic E-state index is 11.5. The van der Waals surface area contributed by atoms with Crippen molar-refractivity contribution in [2.75, 3.05) is 5.32 Å². The summed E-state index contributed by atoms with van der Waals surface area (Å²) >= 11 is 1.39. The standard InChI is InChI=1S/C8H8N4OS/c1-12-3-6(2-10-12)11-8(13)7-4-14-5-9-7/h2-5H,1H3,(H,11,13). The number of nitrogens with one attached hydrogen (secondary N) is 1. The summed E-state index contributed by atoms with van der Waals surface area (Å²) in [6, 6.07) is 0. The van der Waals surface area contributed by atoms with Crippen LogP contribution in [0.1, 0.15) is 10.5 Å². The lowest BCUT2D eigenvalue weighted by atomic mass is 10.4. The van der Waals surface area contributed by atoms with Gasteiger partial charge in [-0.15, -0.1) is 11.3 Å². The van der Waals surface area contributed by atoms with Gasteiger partial charge in [0.05, 0.1) is 17.4 Å². The molecule has 72 valence electrons. The van der Waals surface area contributed by atoms with E-state index in [0.717, 1.165) is 0 Å². The summed E-state index contributed by atoms with van der Waals surface area (Å²) in [5, 5.41) is 8.32. The van der Waals surface area contributed by atoms with Gasteiger partial charge in [-0.05, 0) is 0 Å². The lowest BCUT2D eigenvalue weighted by Crippen LogP contribution is -2.11.